The van der Waals surface area contributed by atoms with Gasteiger partial charge in [0.1, 0.15) is 0 Å². The van der Waals surface area contributed by atoms with Crippen LogP contribution in [0.4, 0.5) is 11.4 Å². The van der Waals surface area contributed by atoms with Crippen molar-refractivity contribution in [3.05, 3.63) is 65.2 Å². The average molecular weight is 329 g/mol. The summed E-state index contributed by atoms with van der Waals surface area (Å²) >= 11 is 6.03. The van der Waals surface area contributed by atoms with Crippen molar-refractivity contribution in [3.8, 4) is 0 Å². The summed E-state index contributed by atoms with van der Waals surface area (Å²) in [5.41, 5.74) is 2.02. The normalized spacial score (nSPS) is 10.5. The number of nitrogens with one attached hydrogen (secondary N) is 2. The van der Waals surface area contributed by atoms with Crippen LogP contribution >= 0.6 is 11.6 Å². The van der Waals surface area contributed by atoms with Gasteiger partial charge in [0.15, 0.2) is 0 Å². The molecule has 4 nitrogen and oxygen atoms in total. The zero-order valence-electron chi connectivity index (χ0n) is 12.7. The van der Waals surface area contributed by atoms with Crippen LogP contribution in [-0.2, 0) is 9.59 Å². The molecule has 0 radical (unpaired) electrons. The van der Waals surface area contributed by atoms with Gasteiger partial charge < -0.3 is 10.6 Å². The van der Waals surface area contributed by atoms with Crippen molar-refractivity contribution in [2.24, 2.45) is 0 Å². The predicted octanol–water partition coefficient (Wildman–Crippen LogP) is 4.34. The van der Waals surface area contributed by atoms with Gasteiger partial charge >= 0.3 is 0 Å². The third-order valence-corrected chi connectivity index (χ3v) is 3.40. The van der Waals surface area contributed by atoms with Crippen LogP contribution in [-0.4, -0.2) is 11.8 Å². The zero-order valence-corrected chi connectivity index (χ0v) is 13.4. The molecule has 0 unspecified atom stereocenters. The van der Waals surface area contributed by atoms with Gasteiger partial charge in [-0.15, -0.1) is 0 Å². The first-order valence-corrected chi connectivity index (χ1v) is 7.60. The highest BCUT2D eigenvalue weighted by atomic mass is 35.5. The fraction of sp³-hybridized carbons (Fsp3) is 0.111. The van der Waals surface area contributed by atoms with Crippen molar-refractivity contribution < 1.29 is 9.59 Å². The molecule has 0 aromatic heterocycles. The van der Waals surface area contributed by atoms with Crippen molar-refractivity contribution >= 4 is 40.9 Å². The van der Waals surface area contributed by atoms with E-state index in [1.807, 2.05) is 18.2 Å². The Hall–Kier alpha value is -2.59. The van der Waals surface area contributed by atoms with Crippen LogP contribution in [0.3, 0.4) is 0 Å². The molecule has 0 aliphatic carbocycles. The summed E-state index contributed by atoms with van der Waals surface area (Å²) in [5.74, 6) is -0.351. The average Bonchev–Trinajstić information content (AvgIpc) is 2.54. The molecule has 2 N–H and O–H groups in total. The molecule has 23 heavy (non-hydrogen) atoms. The molecule has 0 aliphatic rings. The number of anilines is 2. The summed E-state index contributed by atoms with van der Waals surface area (Å²) in [4.78, 5) is 23.3. The fourth-order valence-corrected chi connectivity index (χ4v) is 2.08. The molecule has 0 atom stereocenters. The van der Waals surface area contributed by atoms with Crippen LogP contribution in [0.2, 0.25) is 5.02 Å². The van der Waals surface area contributed by atoms with Crippen LogP contribution in [0, 0.1) is 0 Å². The number of hydrogen-bond acceptors (Lipinski definition) is 2. The minimum atomic E-state index is -0.274. The highest BCUT2D eigenvalue weighted by molar-refractivity contribution is 6.32. The standard InChI is InChI=1S/C18H17ClN2O2/c1-2-17(22)20-14-7-5-8-15(12-14)21-18(23)11-10-13-6-3-4-9-16(13)19/h3-12H,2H2,1H3,(H,20,22)(H,21,23)/b11-10+. The molecule has 0 heterocycles. The van der Waals surface area contributed by atoms with E-state index in [4.69, 9.17) is 11.6 Å². The van der Waals surface area contributed by atoms with Crippen molar-refractivity contribution in [2.75, 3.05) is 10.6 Å². The molecule has 2 aromatic carbocycles. The van der Waals surface area contributed by atoms with Crippen LogP contribution in [0.5, 0.6) is 0 Å². The maximum Gasteiger partial charge on any atom is 0.248 e. The number of amides is 2. The number of carbonyl (C=O) groups is 2. The van der Waals surface area contributed by atoms with Crippen LogP contribution < -0.4 is 10.6 Å². The lowest BCUT2D eigenvalue weighted by molar-refractivity contribution is -0.116. The molecule has 0 saturated carbocycles. The Balaban J connectivity index is 2.01. The lowest BCUT2D eigenvalue weighted by Gasteiger charge is -2.07. The van der Waals surface area contributed by atoms with Gasteiger partial charge in [-0.1, -0.05) is 42.8 Å². The van der Waals surface area contributed by atoms with E-state index < -0.39 is 0 Å². The van der Waals surface area contributed by atoms with Gasteiger partial charge in [0.2, 0.25) is 11.8 Å². The molecule has 2 aromatic rings. The van der Waals surface area contributed by atoms with Crippen molar-refractivity contribution in [1.82, 2.24) is 0 Å². The molecule has 0 saturated heterocycles. The first-order chi connectivity index (χ1) is 11.1. The zero-order chi connectivity index (χ0) is 16.7. The summed E-state index contributed by atoms with van der Waals surface area (Å²) in [6, 6.07) is 14.3. The second-order valence-electron chi connectivity index (χ2n) is 4.83. The first-order valence-electron chi connectivity index (χ1n) is 7.22. The Labute approximate surface area is 140 Å². The number of rotatable bonds is 5. The number of hydrogen-bond donors (Lipinski definition) is 2. The first kappa shape index (κ1) is 16.8. The van der Waals surface area contributed by atoms with Gasteiger partial charge in [-0.25, -0.2) is 0 Å². The predicted molar refractivity (Wildman–Crippen MR) is 94.5 cm³/mol. The number of halogens is 1. The maximum atomic E-state index is 12.0. The van der Waals surface area contributed by atoms with Gasteiger partial charge in [-0.3, -0.25) is 9.59 Å². The van der Waals surface area contributed by atoms with Gasteiger partial charge in [-0.2, -0.15) is 0 Å². The lowest BCUT2D eigenvalue weighted by atomic mass is 10.2. The highest BCUT2D eigenvalue weighted by Gasteiger charge is 2.02. The Morgan fingerprint density at radius 1 is 1.04 bits per heavy atom. The Bertz CT molecular complexity index is 741. The Morgan fingerprint density at radius 3 is 2.43 bits per heavy atom. The van der Waals surface area contributed by atoms with Crippen molar-refractivity contribution in [3.63, 3.8) is 0 Å². The minimum absolute atomic E-state index is 0.0768. The fourth-order valence-electron chi connectivity index (χ4n) is 1.88. The Morgan fingerprint density at radius 2 is 1.74 bits per heavy atom. The maximum absolute atomic E-state index is 12.0. The second kappa shape index (κ2) is 8.15. The summed E-state index contributed by atoms with van der Waals surface area (Å²) < 4.78 is 0. The van der Waals surface area contributed by atoms with Gasteiger partial charge in [0.25, 0.3) is 0 Å². The molecule has 118 valence electrons. The van der Waals surface area contributed by atoms with Gasteiger partial charge in [0.05, 0.1) is 0 Å². The van der Waals surface area contributed by atoms with E-state index in [0.29, 0.717) is 22.8 Å². The van der Waals surface area contributed by atoms with E-state index in [-0.39, 0.29) is 11.8 Å². The van der Waals surface area contributed by atoms with E-state index in [2.05, 4.69) is 10.6 Å². The van der Waals surface area contributed by atoms with Crippen LogP contribution in [0.15, 0.2) is 54.6 Å². The molecule has 2 amide bonds. The van der Waals surface area contributed by atoms with Gasteiger partial charge in [-0.05, 0) is 35.9 Å². The van der Waals surface area contributed by atoms with Crippen molar-refractivity contribution in [1.29, 1.82) is 0 Å². The third kappa shape index (κ3) is 5.27. The van der Waals surface area contributed by atoms with E-state index in [1.54, 1.807) is 43.3 Å². The smallest absolute Gasteiger partial charge is 0.248 e. The van der Waals surface area contributed by atoms with Gasteiger partial charge in [0, 0.05) is 28.9 Å². The summed E-state index contributed by atoms with van der Waals surface area (Å²) in [5, 5.41) is 6.07. The second-order valence-corrected chi connectivity index (χ2v) is 5.23. The minimum Gasteiger partial charge on any atom is -0.326 e. The molecule has 0 aliphatic heterocycles. The molecule has 2 rings (SSSR count). The summed E-state index contributed by atoms with van der Waals surface area (Å²) in [6.07, 6.45) is 3.47. The number of benzene rings is 2. The SMILES string of the molecule is CCC(=O)Nc1cccc(NC(=O)/C=C/c2ccccc2Cl)c1. The van der Waals surface area contributed by atoms with E-state index in [9.17, 15) is 9.59 Å². The van der Waals surface area contributed by atoms with E-state index in [0.717, 1.165) is 5.56 Å². The monoisotopic (exact) mass is 328 g/mol. The molecule has 5 heteroatoms. The molecular weight excluding hydrogens is 312 g/mol. The Kier molecular flexibility index (Phi) is 5.94. The molecule has 0 spiro atoms. The molecule has 0 fully saturated rings. The quantitative estimate of drug-likeness (QED) is 0.802. The highest BCUT2D eigenvalue weighted by Crippen LogP contribution is 2.17. The largest absolute Gasteiger partial charge is 0.326 e. The lowest BCUT2D eigenvalue weighted by Crippen LogP contribution is -2.11. The summed E-state index contributed by atoms with van der Waals surface area (Å²) in [7, 11) is 0. The number of carbonyl (C=O) groups excluding carboxylic acids is 2. The molecule has 0 bridgehead atoms. The van der Waals surface area contributed by atoms with Crippen LogP contribution in [0.1, 0.15) is 18.9 Å². The van der Waals surface area contributed by atoms with E-state index in [1.165, 1.54) is 6.08 Å². The van der Waals surface area contributed by atoms with Crippen molar-refractivity contribution in [2.45, 2.75) is 13.3 Å². The third-order valence-electron chi connectivity index (χ3n) is 3.05. The summed E-state index contributed by atoms with van der Waals surface area (Å²) in [6.45, 7) is 1.78. The van der Waals surface area contributed by atoms with Crippen LogP contribution in [0.25, 0.3) is 6.08 Å². The topological polar surface area (TPSA) is 58.2 Å². The molecular formula is C18H17ClN2O2. The van der Waals surface area contributed by atoms with E-state index >= 15 is 0 Å².